The zero-order valence-corrected chi connectivity index (χ0v) is 17.3. The molecule has 5 rings (SSSR count). The molecule has 1 saturated carbocycles. The molecule has 0 aliphatic heterocycles. The fourth-order valence-electron chi connectivity index (χ4n) is 3.91. The van der Waals surface area contributed by atoms with E-state index in [0.717, 1.165) is 47.2 Å². The van der Waals surface area contributed by atoms with Gasteiger partial charge >= 0.3 is 0 Å². The fraction of sp³-hybridized carbons (Fsp3) is 0.500. The summed E-state index contributed by atoms with van der Waals surface area (Å²) in [4.78, 5) is 13.8. The van der Waals surface area contributed by atoms with Gasteiger partial charge in [-0.15, -0.1) is 10.2 Å². The lowest BCUT2D eigenvalue weighted by Gasteiger charge is -2.12. The Hall–Kier alpha value is -2.60. The molecule has 0 amide bonds. The third-order valence-electron chi connectivity index (χ3n) is 5.16. The maximum absolute atomic E-state index is 9.38. The number of tetrazole rings is 1. The summed E-state index contributed by atoms with van der Waals surface area (Å²) in [6, 6.07) is 2.08. The van der Waals surface area contributed by atoms with E-state index in [2.05, 4.69) is 34.9 Å². The summed E-state index contributed by atoms with van der Waals surface area (Å²) < 4.78 is 2.09. The summed E-state index contributed by atoms with van der Waals surface area (Å²) in [5.41, 5.74) is 3.03. The summed E-state index contributed by atoms with van der Waals surface area (Å²) in [7, 11) is 1.78. The Labute approximate surface area is 176 Å². The van der Waals surface area contributed by atoms with Crippen LogP contribution in [0.2, 0.25) is 5.15 Å². The number of nitrogens with zero attached hydrogens (tertiary/aromatic N) is 7. The van der Waals surface area contributed by atoms with E-state index in [1.54, 1.807) is 7.05 Å². The lowest BCUT2D eigenvalue weighted by Crippen LogP contribution is -2.06. The van der Waals surface area contributed by atoms with Gasteiger partial charge in [0.25, 0.3) is 0 Å². The number of aliphatic hydroxyl groups excluding tert-OH is 2. The summed E-state index contributed by atoms with van der Waals surface area (Å²) in [5.74, 6) is 1.08. The Bertz CT molecular complexity index is 1160. The van der Waals surface area contributed by atoms with Gasteiger partial charge in [0.05, 0.1) is 25.5 Å². The second-order valence-electron chi connectivity index (χ2n) is 7.40. The minimum absolute atomic E-state index is 0.0807. The minimum Gasteiger partial charge on any atom is -0.390 e. The normalized spacial score (nSPS) is 19.0. The van der Waals surface area contributed by atoms with Gasteiger partial charge in [0.2, 0.25) is 0 Å². The van der Waals surface area contributed by atoms with Crippen molar-refractivity contribution in [1.29, 1.82) is 0 Å². The van der Waals surface area contributed by atoms with Gasteiger partial charge in [-0.2, -0.15) is 4.80 Å². The van der Waals surface area contributed by atoms with Gasteiger partial charge in [-0.05, 0) is 37.5 Å². The lowest BCUT2D eigenvalue weighted by molar-refractivity contribution is -0.0228. The Morgan fingerprint density at radius 3 is 2.77 bits per heavy atom. The van der Waals surface area contributed by atoms with Crippen molar-refractivity contribution in [2.24, 2.45) is 7.05 Å². The van der Waals surface area contributed by atoms with E-state index in [9.17, 15) is 5.11 Å². The highest BCUT2D eigenvalue weighted by Gasteiger charge is 2.31. The Balaban J connectivity index is 0.000000503. The molecule has 0 aromatic carbocycles. The second kappa shape index (κ2) is 8.26. The number of hydrogen-bond acceptors (Lipinski definition) is 8. The van der Waals surface area contributed by atoms with E-state index in [-0.39, 0.29) is 18.6 Å². The van der Waals surface area contributed by atoms with Crippen molar-refractivity contribution in [2.75, 3.05) is 0 Å². The number of pyridine rings is 1. The minimum atomic E-state index is -1.17. The first kappa shape index (κ1) is 20.7. The molecule has 30 heavy (non-hydrogen) atoms. The number of H-pyrrole nitrogens is 1. The third-order valence-corrected chi connectivity index (χ3v) is 5.45. The van der Waals surface area contributed by atoms with E-state index in [1.165, 1.54) is 11.7 Å². The Morgan fingerprint density at radius 2 is 2.10 bits per heavy atom. The fourth-order valence-corrected chi connectivity index (χ4v) is 4.14. The molecule has 2 unspecified atom stereocenters. The maximum Gasteiger partial charge on any atom is 0.177 e. The van der Waals surface area contributed by atoms with Crippen LogP contribution in [0.1, 0.15) is 49.7 Å². The van der Waals surface area contributed by atoms with Crippen molar-refractivity contribution in [3.8, 4) is 0 Å². The van der Waals surface area contributed by atoms with Gasteiger partial charge < -0.3 is 24.9 Å². The molecule has 0 radical (unpaired) electrons. The standard InChI is InChI=1S/C16H17ClN8O.C2H6O2/c1-24-22-15(21-23-24)8-2-3-10(4-8)25-7-18-13-12-11(5-9(6-26)19-12)14(17)20-16(13)25;1-2(3)4/h5,7-8,10,19,26H,2-4,6H2,1H3;2-4H,1H3. The summed E-state index contributed by atoms with van der Waals surface area (Å²) >= 11 is 6.38. The molecule has 0 bridgehead atoms. The van der Waals surface area contributed by atoms with Crippen molar-refractivity contribution in [3.63, 3.8) is 0 Å². The van der Waals surface area contributed by atoms with Crippen molar-refractivity contribution >= 4 is 33.7 Å². The molecule has 4 aromatic rings. The molecule has 1 fully saturated rings. The van der Waals surface area contributed by atoms with E-state index < -0.39 is 6.29 Å². The average Bonchev–Trinajstić information content (AvgIpc) is 3.45. The highest BCUT2D eigenvalue weighted by atomic mass is 35.5. The molecular formula is C18H23ClN8O3. The van der Waals surface area contributed by atoms with Crippen molar-refractivity contribution in [2.45, 2.75) is 51.0 Å². The molecule has 11 nitrogen and oxygen atoms in total. The van der Waals surface area contributed by atoms with Crippen molar-refractivity contribution in [1.82, 2.24) is 39.7 Å². The van der Waals surface area contributed by atoms with Crippen LogP contribution < -0.4 is 0 Å². The number of aryl methyl sites for hydroxylation is 1. The second-order valence-corrected chi connectivity index (χ2v) is 7.76. The maximum atomic E-state index is 9.38. The predicted molar refractivity (Wildman–Crippen MR) is 109 cm³/mol. The zero-order chi connectivity index (χ0) is 21.4. The van der Waals surface area contributed by atoms with E-state index in [0.29, 0.717) is 10.8 Å². The Morgan fingerprint density at radius 1 is 1.33 bits per heavy atom. The Kier molecular flexibility index (Phi) is 5.69. The third kappa shape index (κ3) is 3.88. The molecule has 4 N–H and O–H groups in total. The van der Waals surface area contributed by atoms with Gasteiger partial charge in [0.15, 0.2) is 11.5 Å². The molecule has 12 heteroatoms. The average molecular weight is 435 g/mol. The molecule has 2 atom stereocenters. The van der Waals surface area contributed by atoms with E-state index >= 15 is 0 Å². The van der Waals surface area contributed by atoms with Crippen molar-refractivity contribution in [3.05, 3.63) is 29.1 Å². The zero-order valence-electron chi connectivity index (χ0n) is 16.6. The summed E-state index contributed by atoms with van der Waals surface area (Å²) in [5, 5.41) is 38.2. The van der Waals surface area contributed by atoms with Crippen LogP contribution >= 0.6 is 11.6 Å². The van der Waals surface area contributed by atoms with Gasteiger partial charge in [-0.1, -0.05) is 11.6 Å². The first-order valence-corrected chi connectivity index (χ1v) is 9.99. The molecular weight excluding hydrogens is 412 g/mol. The van der Waals surface area contributed by atoms with Crippen LogP contribution in [0.4, 0.5) is 0 Å². The molecule has 4 heterocycles. The van der Waals surface area contributed by atoms with Gasteiger partial charge in [0, 0.05) is 23.0 Å². The van der Waals surface area contributed by atoms with Gasteiger partial charge in [-0.25, -0.2) is 9.97 Å². The number of rotatable bonds is 3. The largest absolute Gasteiger partial charge is 0.390 e. The molecule has 0 saturated heterocycles. The quantitative estimate of drug-likeness (QED) is 0.279. The van der Waals surface area contributed by atoms with E-state index in [4.69, 9.17) is 21.8 Å². The number of nitrogens with one attached hydrogen (secondary N) is 1. The van der Waals surface area contributed by atoms with Crippen LogP contribution in [0, 0.1) is 0 Å². The predicted octanol–water partition coefficient (Wildman–Crippen LogP) is 1.41. The number of halogens is 1. The number of hydrogen-bond donors (Lipinski definition) is 4. The van der Waals surface area contributed by atoms with Gasteiger partial charge in [0.1, 0.15) is 17.0 Å². The van der Waals surface area contributed by atoms with Crippen LogP contribution in [-0.4, -0.2) is 61.3 Å². The molecule has 0 spiro atoms. The summed E-state index contributed by atoms with van der Waals surface area (Å²) in [6.45, 7) is 1.20. The molecule has 1 aliphatic rings. The first-order chi connectivity index (χ1) is 14.4. The van der Waals surface area contributed by atoms with Crippen molar-refractivity contribution < 1.29 is 15.3 Å². The molecule has 4 aromatic heterocycles. The number of aromatic amines is 1. The first-order valence-electron chi connectivity index (χ1n) is 9.61. The highest BCUT2D eigenvalue weighted by molar-refractivity contribution is 6.35. The van der Waals surface area contributed by atoms with Crippen LogP contribution in [0.5, 0.6) is 0 Å². The number of aliphatic hydroxyl groups is 3. The monoisotopic (exact) mass is 434 g/mol. The summed E-state index contributed by atoms with van der Waals surface area (Å²) in [6.07, 6.45) is 3.58. The van der Waals surface area contributed by atoms with Crippen LogP contribution in [0.15, 0.2) is 12.4 Å². The van der Waals surface area contributed by atoms with Gasteiger partial charge in [-0.3, -0.25) is 0 Å². The number of imidazole rings is 1. The number of aromatic nitrogens is 8. The molecule has 160 valence electrons. The lowest BCUT2D eigenvalue weighted by atomic mass is 10.1. The van der Waals surface area contributed by atoms with E-state index in [1.807, 2.05) is 12.4 Å². The van der Waals surface area contributed by atoms with Crippen LogP contribution in [0.3, 0.4) is 0 Å². The SMILES string of the molecule is CC(O)O.Cn1nnc(C2CCC(n3cnc4c5[nH]c(CO)cc5c(Cl)nc43)C2)n1. The molecule has 1 aliphatic carbocycles. The van der Waals surface area contributed by atoms with Crippen LogP contribution in [0.25, 0.3) is 22.1 Å². The smallest absolute Gasteiger partial charge is 0.177 e. The number of fused-ring (bicyclic) bond motifs is 3. The highest BCUT2D eigenvalue weighted by Crippen LogP contribution is 2.41. The topological polar surface area (TPSA) is 151 Å². The van der Waals surface area contributed by atoms with Crippen LogP contribution in [-0.2, 0) is 13.7 Å².